The fourth-order valence-corrected chi connectivity index (χ4v) is 4.81. The van der Waals surface area contributed by atoms with Crippen LogP contribution in [0.1, 0.15) is 37.7 Å². The third-order valence-corrected chi connectivity index (χ3v) is 6.71. The van der Waals surface area contributed by atoms with Crippen molar-refractivity contribution in [2.75, 3.05) is 0 Å². The zero-order chi connectivity index (χ0) is 22.8. The van der Waals surface area contributed by atoms with Crippen molar-refractivity contribution in [3.63, 3.8) is 0 Å². The van der Waals surface area contributed by atoms with Gasteiger partial charge in [-0.05, 0) is 48.1 Å². The van der Waals surface area contributed by atoms with E-state index in [0.717, 1.165) is 54.1 Å². The van der Waals surface area contributed by atoms with Gasteiger partial charge in [0.1, 0.15) is 11.8 Å². The number of rotatable bonds is 7. The third kappa shape index (κ3) is 4.06. The number of carboxylic acids is 1. The van der Waals surface area contributed by atoms with Gasteiger partial charge in [0.05, 0.1) is 10.8 Å². The first kappa shape index (κ1) is 21.1. The standard InChI is InChI=1S/C26H25N3O4/c30-23-15-22(26(23)10-2-1-3-11-26)29-21(25(31)32)14-17-4-6-19(7-5-17)33-24-20-16-27-12-8-18(20)9-13-28-24/h4-9,12-13,15-16,21,29H,1-3,10-11,14H2,(H,31,32). The number of pyridine rings is 2. The lowest BCUT2D eigenvalue weighted by Crippen LogP contribution is -2.51. The van der Waals surface area contributed by atoms with Gasteiger partial charge in [0.25, 0.3) is 0 Å². The molecule has 168 valence electrons. The Bertz CT molecular complexity index is 1220. The number of fused-ring (bicyclic) bond motifs is 1. The van der Waals surface area contributed by atoms with Gasteiger partial charge in [-0.2, -0.15) is 0 Å². The molecule has 0 bridgehead atoms. The maximum atomic E-state index is 12.3. The molecule has 1 unspecified atom stereocenters. The second-order valence-electron chi connectivity index (χ2n) is 8.76. The molecule has 0 amide bonds. The largest absolute Gasteiger partial charge is 0.480 e. The predicted molar refractivity (Wildman–Crippen MR) is 123 cm³/mol. The van der Waals surface area contributed by atoms with Crippen molar-refractivity contribution < 1.29 is 19.4 Å². The monoisotopic (exact) mass is 443 g/mol. The van der Waals surface area contributed by atoms with Crippen LogP contribution < -0.4 is 10.1 Å². The van der Waals surface area contributed by atoms with Gasteiger partial charge >= 0.3 is 5.97 Å². The minimum absolute atomic E-state index is 0.132. The molecule has 0 aliphatic heterocycles. The number of carbonyl (C=O) groups excluding carboxylic acids is 1. The van der Waals surface area contributed by atoms with Crippen LogP contribution in [0, 0.1) is 5.41 Å². The van der Waals surface area contributed by atoms with Gasteiger partial charge in [0.2, 0.25) is 5.88 Å². The van der Waals surface area contributed by atoms with Gasteiger partial charge in [0.15, 0.2) is 5.78 Å². The number of benzene rings is 1. The number of aliphatic carboxylic acids is 1. The molecule has 0 radical (unpaired) electrons. The van der Waals surface area contributed by atoms with E-state index in [2.05, 4.69) is 15.3 Å². The van der Waals surface area contributed by atoms with Crippen molar-refractivity contribution in [3.8, 4) is 11.6 Å². The van der Waals surface area contributed by atoms with E-state index in [1.54, 1.807) is 36.8 Å². The lowest BCUT2D eigenvalue weighted by atomic mass is 9.62. The minimum atomic E-state index is -0.936. The molecule has 0 saturated heterocycles. The Hall–Kier alpha value is -3.74. The number of allylic oxidation sites excluding steroid dienone is 2. The zero-order valence-electron chi connectivity index (χ0n) is 18.2. The molecule has 1 atom stereocenters. The predicted octanol–water partition coefficient (Wildman–Crippen LogP) is 4.42. The van der Waals surface area contributed by atoms with Crippen molar-refractivity contribution in [1.29, 1.82) is 0 Å². The van der Waals surface area contributed by atoms with Gasteiger partial charge in [-0.1, -0.05) is 31.4 Å². The highest BCUT2D eigenvalue weighted by atomic mass is 16.5. The number of carboxylic acid groups (broad SMARTS) is 1. The maximum absolute atomic E-state index is 12.3. The first-order chi connectivity index (χ1) is 16.0. The molecule has 1 saturated carbocycles. The average Bonchev–Trinajstić information content (AvgIpc) is 2.85. The topological polar surface area (TPSA) is 101 Å². The number of nitrogens with one attached hydrogen (secondary N) is 1. The Labute approximate surface area is 191 Å². The third-order valence-electron chi connectivity index (χ3n) is 6.71. The van der Waals surface area contributed by atoms with E-state index in [4.69, 9.17) is 4.74 Å². The summed E-state index contributed by atoms with van der Waals surface area (Å²) in [6, 6.07) is 10.3. The van der Waals surface area contributed by atoms with Gasteiger partial charge in [0, 0.05) is 36.8 Å². The van der Waals surface area contributed by atoms with Crippen molar-refractivity contribution >= 4 is 22.5 Å². The fraction of sp³-hybridized carbons (Fsp3) is 0.308. The average molecular weight is 444 g/mol. The summed E-state index contributed by atoms with van der Waals surface area (Å²) in [5.41, 5.74) is 1.16. The smallest absolute Gasteiger partial charge is 0.326 e. The van der Waals surface area contributed by atoms with E-state index in [0.29, 0.717) is 18.1 Å². The van der Waals surface area contributed by atoms with Gasteiger partial charge in [-0.15, -0.1) is 0 Å². The molecule has 7 heteroatoms. The number of aromatic nitrogens is 2. The van der Waals surface area contributed by atoms with Crippen molar-refractivity contribution in [3.05, 3.63) is 72.3 Å². The quantitative estimate of drug-likeness (QED) is 0.557. The van der Waals surface area contributed by atoms with Crippen molar-refractivity contribution in [2.45, 2.75) is 44.6 Å². The second-order valence-corrected chi connectivity index (χ2v) is 8.76. The van der Waals surface area contributed by atoms with Crippen LogP contribution in [0.5, 0.6) is 11.6 Å². The molecule has 2 aliphatic rings. The Morgan fingerprint density at radius 1 is 1.09 bits per heavy atom. The number of hydrogen-bond acceptors (Lipinski definition) is 6. The summed E-state index contributed by atoms with van der Waals surface area (Å²) in [6.45, 7) is 0. The summed E-state index contributed by atoms with van der Waals surface area (Å²) in [6.07, 6.45) is 11.8. The number of ketones is 1. The molecule has 3 aromatic rings. The van der Waals surface area contributed by atoms with Gasteiger partial charge in [-0.25, -0.2) is 9.78 Å². The Kier molecular flexibility index (Phi) is 5.54. The summed E-state index contributed by atoms with van der Waals surface area (Å²) in [7, 11) is 0. The summed E-state index contributed by atoms with van der Waals surface area (Å²) < 4.78 is 5.95. The van der Waals surface area contributed by atoms with Crippen LogP contribution in [-0.2, 0) is 16.0 Å². The second kappa shape index (κ2) is 8.65. The van der Waals surface area contributed by atoms with E-state index >= 15 is 0 Å². The molecule has 33 heavy (non-hydrogen) atoms. The molecule has 1 fully saturated rings. The molecule has 2 aliphatic carbocycles. The first-order valence-corrected chi connectivity index (χ1v) is 11.3. The van der Waals surface area contributed by atoms with E-state index in [-0.39, 0.29) is 5.78 Å². The Morgan fingerprint density at radius 2 is 1.85 bits per heavy atom. The lowest BCUT2D eigenvalue weighted by Gasteiger charge is -2.44. The van der Waals surface area contributed by atoms with Crippen LogP contribution in [0.2, 0.25) is 0 Å². The highest BCUT2D eigenvalue weighted by Gasteiger charge is 2.49. The van der Waals surface area contributed by atoms with Crippen molar-refractivity contribution in [2.24, 2.45) is 5.41 Å². The van der Waals surface area contributed by atoms with Crippen LogP contribution >= 0.6 is 0 Å². The Balaban J connectivity index is 1.28. The first-order valence-electron chi connectivity index (χ1n) is 11.3. The number of hydrogen-bond donors (Lipinski definition) is 2. The highest BCUT2D eigenvalue weighted by molar-refractivity contribution is 6.05. The van der Waals surface area contributed by atoms with E-state index in [1.807, 2.05) is 24.3 Å². The molecule has 1 aromatic carbocycles. The normalized spacial score (nSPS) is 17.8. The van der Waals surface area contributed by atoms with Crippen LogP contribution in [0.25, 0.3) is 10.8 Å². The molecule has 2 N–H and O–H groups in total. The van der Waals surface area contributed by atoms with Crippen molar-refractivity contribution in [1.82, 2.24) is 15.3 Å². The molecule has 7 nitrogen and oxygen atoms in total. The SMILES string of the molecule is O=C(O)C(Cc1ccc(Oc2nccc3ccncc23)cc1)NC1=CC(=O)C12CCCCC2. The van der Waals surface area contributed by atoms with Gasteiger partial charge in [-0.3, -0.25) is 9.78 Å². The number of nitrogens with zero attached hydrogens (tertiary/aromatic N) is 2. The molecule has 2 aromatic heterocycles. The molecular formula is C26H25N3O4. The van der Waals surface area contributed by atoms with Crippen LogP contribution in [0.4, 0.5) is 0 Å². The molecule has 2 heterocycles. The summed E-state index contributed by atoms with van der Waals surface area (Å²) >= 11 is 0. The summed E-state index contributed by atoms with van der Waals surface area (Å²) in [5.74, 6) is 0.273. The lowest BCUT2D eigenvalue weighted by molar-refractivity contribution is -0.140. The fourth-order valence-electron chi connectivity index (χ4n) is 4.81. The summed E-state index contributed by atoms with van der Waals surface area (Å²) in [5, 5.41) is 14.8. The molecular weight excluding hydrogens is 418 g/mol. The van der Waals surface area contributed by atoms with Crippen LogP contribution in [0.15, 0.2) is 66.8 Å². The van der Waals surface area contributed by atoms with E-state index < -0.39 is 17.4 Å². The number of carbonyl (C=O) groups is 2. The van der Waals surface area contributed by atoms with Gasteiger partial charge < -0.3 is 15.2 Å². The summed E-state index contributed by atoms with van der Waals surface area (Å²) in [4.78, 5) is 32.7. The highest BCUT2D eigenvalue weighted by Crippen LogP contribution is 2.48. The minimum Gasteiger partial charge on any atom is -0.480 e. The van der Waals surface area contributed by atoms with Crippen LogP contribution in [0.3, 0.4) is 0 Å². The zero-order valence-corrected chi connectivity index (χ0v) is 18.2. The van der Waals surface area contributed by atoms with Crippen LogP contribution in [-0.4, -0.2) is 32.9 Å². The number of ether oxygens (including phenoxy) is 1. The Morgan fingerprint density at radius 3 is 2.58 bits per heavy atom. The maximum Gasteiger partial charge on any atom is 0.326 e. The van der Waals surface area contributed by atoms with E-state index in [1.165, 1.54) is 0 Å². The molecule has 5 rings (SSSR count). The van der Waals surface area contributed by atoms with E-state index in [9.17, 15) is 14.7 Å². The molecule has 1 spiro atoms.